The van der Waals surface area contributed by atoms with Gasteiger partial charge < -0.3 is 15.6 Å². The van der Waals surface area contributed by atoms with Crippen molar-refractivity contribution >= 4 is 57.0 Å². The molecule has 9 heteroatoms. The Morgan fingerprint density at radius 2 is 1.69 bits per heavy atom. The first kappa shape index (κ1) is 18.9. The van der Waals surface area contributed by atoms with Gasteiger partial charge in [0.1, 0.15) is 5.52 Å². The van der Waals surface area contributed by atoms with Gasteiger partial charge in [-0.3, -0.25) is 9.59 Å². The zero-order valence-electron chi connectivity index (χ0n) is 15.8. The number of rotatable bonds is 5. The summed E-state index contributed by atoms with van der Waals surface area (Å²) < 4.78 is 0. The van der Waals surface area contributed by atoms with Crippen LogP contribution in [0.2, 0.25) is 0 Å². The number of anilines is 2. The number of hydrogen-bond donors (Lipinski definition) is 3. The standard InChI is InChI=1S/C20H18N6O2S/c1-11(19(28)22-14-9-7-13(8-10-14)21-12(2)27)29-20-24-18-17(25-26-20)15-5-3-4-6-16(15)23-18/h3-11H,1-2H3,(H,21,27)(H,22,28)(H,23,24,26)/t11-/m0/s1. The Kier molecular flexibility index (Phi) is 5.13. The van der Waals surface area contributed by atoms with Crippen LogP contribution < -0.4 is 10.6 Å². The lowest BCUT2D eigenvalue weighted by molar-refractivity contribution is -0.115. The van der Waals surface area contributed by atoms with Gasteiger partial charge in [-0.25, -0.2) is 4.98 Å². The van der Waals surface area contributed by atoms with Gasteiger partial charge in [-0.05, 0) is 37.3 Å². The molecule has 4 aromatic rings. The highest BCUT2D eigenvalue weighted by Crippen LogP contribution is 2.25. The van der Waals surface area contributed by atoms with Crippen molar-refractivity contribution in [3.8, 4) is 0 Å². The Balaban J connectivity index is 1.44. The number of nitrogens with zero attached hydrogens (tertiary/aromatic N) is 3. The van der Waals surface area contributed by atoms with Gasteiger partial charge in [0.05, 0.1) is 5.25 Å². The molecule has 4 rings (SSSR count). The maximum Gasteiger partial charge on any atom is 0.237 e. The second-order valence-corrected chi connectivity index (χ2v) is 7.78. The lowest BCUT2D eigenvalue weighted by atomic mass is 10.2. The molecule has 2 heterocycles. The van der Waals surface area contributed by atoms with Gasteiger partial charge in [-0.2, -0.15) is 0 Å². The number of thioether (sulfide) groups is 1. The average molecular weight is 406 g/mol. The number of para-hydroxylation sites is 1. The smallest absolute Gasteiger partial charge is 0.237 e. The third-order valence-corrected chi connectivity index (χ3v) is 5.18. The largest absolute Gasteiger partial charge is 0.338 e. The van der Waals surface area contributed by atoms with Crippen molar-refractivity contribution in [2.24, 2.45) is 0 Å². The van der Waals surface area contributed by atoms with E-state index in [1.54, 1.807) is 31.2 Å². The van der Waals surface area contributed by atoms with Crippen molar-refractivity contribution in [3.63, 3.8) is 0 Å². The fourth-order valence-corrected chi connectivity index (χ4v) is 3.57. The number of aromatic amines is 1. The maximum absolute atomic E-state index is 12.5. The lowest BCUT2D eigenvalue weighted by Crippen LogP contribution is -2.22. The monoisotopic (exact) mass is 406 g/mol. The molecule has 8 nitrogen and oxygen atoms in total. The molecule has 0 aliphatic carbocycles. The van der Waals surface area contributed by atoms with E-state index in [0.29, 0.717) is 27.7 Å². The molecule has 0 spiro atoms. The highest BCUT2D eigenvalue weighted by molar-refractivity contribution is 8.00. The third kappa shape index (κ3) is 4.19. The number of fused-ring (bicyclic) bond motifs is 3. The van der Waals surface area contributed by atoms with Gasteiger partial charge in [0.15, 0.2) is 5.65 Å². The molecule has 2 aromatic carbocycles. The van der Waals surface area contributed by atoms with E-state index < -0.39 is 5.25 Å². The highest BCUT2D eigenvalue weighted by atomic mass is 32.2. The Morgan fingerprint density at radius 1 is 1.00 bits per heavy atom. The molecule has 0 bridgehead atoms. The van der Waals surface area contributed by atoms with Gasteiger partial charge in [0, 0.05) is 29.2 Å². The molecule has 0 aliphatic heterocycles. The molecule has 2 amide bonds. The summed E-state index contributed by atoms with van der Waals surface area (Å²) in [5.74, 6) is -0.324. The van der Waals surface area contributed by atoms with E-state index in [4.69, 9.17) is 0 Å². The Bertz CT molecular complexity index is 1200. The molecule has 0 fully saturated rings. The van der Waals surface area contributed by atoms with Crippen LogP contribution in [0.5, 0.6) is 0 Å². The summed E-state index contributed by atoms with van der Waals surface area (Å²) in [5.41, 5.74) is 3.61. The van der Waals surface area contributed by atoms with E-state index in [0.717, 1.165) is 10.9 Å². The van der Waals surface area contributed by atoms with Crippen molar-refractivity contribution in [2.75, 3.05) is 10.6 Å². The van der Waals surface area contributed by atoms with E-state index in [1.165, 1.54) is 18.7 Å². The van der Waals surface area contributed by atoms with Gasteiger partial charge in [0.2, 0.25) is 17.0 Å². The molecule has 3 N–H and O–H groups in total. The Hall–Kier alpha value is -3.46. The normalized spacial score (nSPS) is 12.1. The summed E-state index contributed by atoms with van der Waals surface area (Å²) in [7, 11) is 0. The number of nitrogens with one attached hydrogen (secondary N) is 3. The maximum atomic E-state index is 12.5. The van der Waals surface area contributed by atoms with Crippen molar-refractivity contribution in [1.29, 1.82) is 0 Å². The molecule has 0 saturated heterocycles. The summed E-state index contributed by atoms with van der Waals surface area (Å²) in [6.45, 7) is 3.23. The molecule has 29 heavy (non-hydrogen) atoms. The Labute approximate surface area is 170 Å². The highest BCUT2D eigenvalue weighted by Gasteiger charge is 2.18. The summed E-state index contributed by atoms with van der Waals surface area (Å²) in [6.07, 6.45) is 0. The second-order valence-electron chi connectivity index (χ2n) is 6.47. The topological polar surface area (TPSA) is 113 Å². The molecule has 0 saturated carbocycles. The Morgan fingerprint density at radius 3 is 2.41 bits per heavy atom. The van der Waals surface area contributed by atoms with E-state index in [-0.39, 0.29) is 11.8 Å². The quantitative estimate of drug-likeness (QED) is 0.437. The molecule has 0 radical (unpaired) electrons. The van der Waals surface area contributed by atoms with Crippen LogP contribution in [0.4, 0.5) is 11.4 Å². The molecular weight excluding hydrogens is 388 g/mol. The molecule has 146 valence electrons. The van der Waals surface area contributed by atoms with Crippen LogP contribution in [-0.4, -0.2) is 37.2 Å². The lowest BCUT2D eigenvalue weighted by Gasteiger charge is -2.11. The number of amides is 2. The second kappa shape index (κ2) is 7.88. The fraction of sp³-hybridized carbons (Fsp3) is 0.150. The van der Waals surface area contributed by atoms with Crippen LogP contribution in [0.3, 0.4) is 0 Å². The van der Waals surface area contributed by atoms with E-state index >= 15 is 0 Å². The van der Waals surface area contributed by atoms with Crippen LogP contribution in [0.15, 0.2) is 53.7 Å². The van der Waals surface area contributed by atoms with Crippen molar-refractivity contribution in [1.82, 2.24) is 20.2 Å². The average Bonchev–Trinajstić information content (AvgIpc) is 3.06. The summed E-state index contributed by atoms with van der Waals surface area (Å²) >= 11 is 1.23. The van der Waals surface area contributed by atoms with Gasteiger partial charge >= 0.3 is 0 Å². The van der Waals surface area contributed by atoms with Crippen LogP contribution in [-0.2, 0) is 9.59 Å². The summed E-state index contributed by atoms with van der Waals surface area (Å²) in [6, 6.07) is 14.7. The van der Waals surface area contributed by atoms with Crippen LogP contribution in [0.25, 0.3) is 22.1 Å². The first-order valence-electron chi connectivity index (χ1n) is 8.96. The minimum Gasteiger partial charge on any atom is -0.338 e. The predicted octanol–water partition coefficient (Wildman–Crippen LogP) is 3.58. The third-order valence-electron chi connectivity index (χ3n) is 4.23. The zero-order valence-corrected chi connectivity index (χ0v) is 16.6. The van der Waals surface area contributed by atoms with Crippen molar-refractivity contribution in [3.05, 3.63) is 48.5 Å². The molecule has 0 unspecified atom stereocenters. The first-order chi connectivity index (χ1) is 14.0. The van der Waals surface area contributed by atoms with Crippen LogP contribution >= 0.6 is 11.8 Å². The number of H-pyrrole nitrogens is 1. The van der Waals surface area contributed by atoms with E-state index in [2.05, 4.69) is 30.8 Å². The molecule has 2 aromatic heterocycles. The molecule has 0 aliphatic rings. The first-order valence-corrected chi connectivity index (χ1v) is 9.84. The van der Waals surface area contributed by atoms with Gasteiger partial charge in [-0.15, -0.1) is 10.2 Å². The number of carbonyl (C=O) groups is 2. The van der Waals surface area contributed by atoms with Gasteiger partial charge in [-0.1, -0.05) is 30.0 Å². The van der Waals surface area contributed by atoms with Crippen molar-refractivity contribution < 1.29 is 9.59 Å². The minimum absolute atomic E-state index is 0.146. The number of hydrogen-bond acceptors (Lipinski definition) is 6. The summed E-state index contributed by atoms with van der Waals surface area (Å²) in [4.78, 5) is 31.3. The summed E-state index contributed by atoms with van der Waals surface area (Å²) in [5, 5.41) is 14.9. The predicted molar refractivity (Wildman–Crippen MR) is 114 cm³/mol. The number of benzene rings is 2. The SMILES string of the molecule is CC(=O)Nc1ccc(NC(=O)[C@H](C)Sc2nnc3c(n2)[nH]c2ccccc23)cc1. The number of carbonyl (C=O) groups excluding carboxylic acids is 2. The molecule has 1 atom stereocenters. The van der Waals surface area contributed by atoms with Gasteiger partial charge in [0.25, 0.3) is 0 Å². The minimum atomic E-state index is -0.423. The van der Waals surface area contributed by atoms with E-state index in [9.17, 15) is 9.59 Å². The van der Waals surface area contributed by atoms with E-state index in [1.807, 2.05) is 24.3 Å². The fourth-order valence-electron chi connectivity index (χ4n) is 2.85. The van der Waals surface area contributed by atoms with Crippen molar-refractivity contribution in [2.45, 2.75) is 24.3 Å². The van der Waals surface area contributed by atoms with Crippen LogP contribution in [0, 0.1) is 0 Å². The number of aromatic nitrogens is 4. The molecular formula is C20H18N6O2S. The van der Waals surface area contributed by atoms with Crippen LogP contribution in [0.1, 0.15) is 13.8 Å². The zero-order chi connectivity index (χ0) is 20.4.